The molecule has 11 heavy (non-hydrogen) atoms. The van der Waals surface area contributed by atoms with Gasteiger partial charge in [-0.25, -0.2) is 0 Å². The third kappa shape index (κ3) is 3.85. The third-order valence-electron chi connectivity index (χ3n) is 1.16. The molecule has 0 unspecified atom stereocenters. The Bertz CT molecular complexity index is 200. The van der Waals surface area contributed by atoms with Crippen LogP contribution in [-0.2, 0) is 11.9 Å². The van der Waals surface area contributed by atoms with Crippen LogP contribution < -0.4 is 0 Å². The van der Waals surface area contributed by atoms with E-state index in [0.717, 1.165) is 16.7 Å². The second kappa shape index (κ2) is 6.38. The average Bonchev–Trinajstić information content (AvgIpc) is 2.05. The summed E-state index contributed by atoms with van der Waals surface area (Å²) in [5.74, 6) is 0. The van der Waals surface area contributed by atoms with Gasteiger partial charge in [0.2, 0.25) is 0 Å². The predicted octanol–water partition coefficient (Wildman–Crippen LogP) is 1.47. The zero-order valence-corrected chi connectivity index (χ0v) is 8.07. The molecule has 62 valence electrons. The first-order valence-corrected chi connectivity index (χ1v) is 4.10. The maximum absolute atomic E-state index is 8.68. The van der Waals surface area contributed by atoms with E-state index >= 15 is 0 Å². The standard InChI is InChI=1S/C7H8BrNO.Ar/c8-4-6-2-1-3-7(5-10)9-6;/h1-3,10H,4-5H2;. The molecule has 0 fully saturated rings. The molecule has 0 aliphatic rings. The molecule has 0 saturated carbocycles. The van der Waals surface area contributed by atoms with Crippen molar-refractivity contribution < 1.29 is 42.8 Å². The molecular formula is C7H8ArBrNO. The maximum atomic E-state index is 8.68. The molecule has 0 aliphatic carbocycles. The van der Waals surface area contributed by atoms with Gasteiger partial charge in [0.1, 0.15) is 0 Å². The summed E-state index contributed by atoms with van der Waals surface area (Å²) in [6.07, 6.45) is 0. The van der Waals surface area contributed by atoms with Crippen molar-refractivity contribution >= 4 is 15.9 Å². The van der Waals surface area contributed by atoms with Crippen molar-refractivity contribution in [3.8, 4) is 0 Å². The summed E-state index contributed by atoms with van der Waals surface area (Å²) < 4.78 is 0. The fourth-order valence-corrected chi connectivity index (χ4v) is 1.00. The van der Waals surface area contributed by atoms with Crippen LogP contribution in [-0.4, -0.2) is 10.1 Å². The van der Waals surface area contributed by atoms with Gasteiger partial charge in [0.15, 0.2) is 0 Å². The molecule has 1 rings (SSSR count). The molecule has 0 radical (unpaired) electrons. The summed E-state index contributed by atoms with van der Waals surface area (Å²) in [7, 11) is 0. The van der Waals surface area contributed by atoms with Crippen molar-refractivity contribution in [3.05, 3.63) is 29.6 Å². The number of pyridine rings is 1. The minimum absolute atomic E-state index is 0. The van der Waals surface area contributed by atoms with Gasteiger partial charge in [-0.1, -0.05) is 22.0 Å². The number of aliphatic hydroxyl groups is 1. The summed E-state index contributed by atoms with van der Waals surface area (Å²) >= 11 is 3.28. The number of halogens is 1. The van der Waals surface area contributed by atoms with Crippen molar-refractivity contribution in [2.75, 3.05) is 0 Å². The van der Waals surface area contributed by atoms with Gasteiger partial charge in [0.25, 0.3) is 0 Å². The van der Waals surface area contributed by atoms with Gasteiger partial charge >= 0.3 is 0 Å². The molecule has 4 heteroatoms. The largest absolute Gasteiger partial charge is 0.390 e. The van der Waals surface area contributed by atoms with Gasteiger partial charge in [-0.05, 0) is 12.1 Å². The van der Waals surface area contributed by atoms with Crippen LogP contribution in [0.4, 0.5) is 0 Å². The van der Waals surface area contributed by atoms with E-state index in [4.69, 9.17) is 5.11 Å². The van der Waals surface area contributed by atoms with Crippen molar-refractivity contribution in [3.63, 3.8) is 0 Å². The van der Waals surface area contributed by atoms with E-state index in [0.29, 0.717) is 0 Å². The van der Waals surface area contributed by atoms with Crippen molar-refractivity contribution in [1.29, 1.82) is 0 Å². The van der Waals surface area contributed by atoms with E-state index in [1.807, 2.05) is 12.1 Å². The molecule has 0 atom stereocenters. The molecule has 0 saturated heterocycles. The molecular weight excluding hydrogens is 234 g/mol. The van der Waals surface area contributed by atoms with Gasteiger partial charge in [-0.15, -0.1) is 0 Å². The number of nitrogens with zero attached hydrogens (tertiary/aromatic N) is 1. The quantitative estimate of drug-likeness (QED) is 0.796. The summed E-state index contributed by atoms with van der Waals surface area (Å²) in [6, 6.07) is 5.59. The molecule has 0 aliphatic heterocycles. The second-order valence-corrected chi connectivity index (χ2v) is 2.47. The number of aliphatic hydroxyl groups excluding tert-OH is 1. The van der Waals surface area contributed by atoms with Gasteiger partial charge in [-0.3, -0.25) is 4.98 Å². The van der Waals surface area contributed by atoms with Crippen molar-refractivity contribution in [2.45, 2.75) is 11.9 Å². The first-order valence-electron chi connectivity index (χ1n) is 2.98. The molecule has 1 heterocycles. The van der Waals surface area contributed by atoms with Gasteiger partial charge in [0, 0.05) is 43.1 Å². The Kier molecular flexibility index (Phi) is 6.87. The van der Waals surface area contributed by atoms with Crippen LogP contribution in [0.2, 0.25) is 0 Å². The second-order valence-electron chi connectivity index (χ2n) is 1.91. The number of aromatic nitrogens is 1. The number of hydrogen-bond donors (Lipinski definition) is 1. The van der Waals surface area contributed by atoms with Crippen LogP contribution >= 0.6 is 15.9 Å². The van der Waals surface area contributed by atoms with Gasteiger partial charge < -0.3 is 5.11 Å². The molecule has 1 N–H and O–H groups in total. The zero-order valence-electron chi connectivity index (χ0n) is 5.77. The van der Waals surface area contributed by atoms with Crippen LogP contribution in [0.5, 0.6) is 0 Å². The van der Waals surface area contributed by atoms with Crippen LogP contribution in [0.3, 0.4) is 0 Å². The van der Waals surface area contributed by atoms with Gasteiger partial charge in [0.05, 0.1) is 18.0 Å². The third-order valence-corrected chi connectivity index (χ3v) is 1.74. The summed E-state index contributed by atoms with van der Waals surface area (Å²) in [5, 5.41) is 9.42. The topological polar surface area (TPSA) is 33.1 Å². The molecule has 0 amide bonds. The van der Waals surface area contributed by atoms with Gasteiger partial charge in [-0.2, -0.15) is 0 Å². The van der Waals surface area contributed by atoms with E-state index in [-0.39, 0.29) is 44.3 Å². The monoisotopic (exact) mass is 241 g/mol. The van der Waals surface area contributed by atoms with E-state index < -0.39 is 0 Å². The smallest absolute Gasteiger partial charge is 0.0853 e. The Hall–Kier alpha value is 0.850. The number of hydrogen-bond acceptors (Lipinski definition) is 2. The molecule has 1 aromatic rings. The Morgan fingerprint density at radius 3 is 2.55 bits per heavy atom. The number of rotatable bonds is 2. The maximum Gasteiger partial charge on any atom is 0.0853 e. The van der Waals surface area contributed by atoms with Crippen molar-refractivity contribution in [1.82, 2.24) is 4.98 Å². The minimum atomic E-state index is 0. The Labute approximate surface area is 104 Å². The van der Waals surface area contributed by atoms with Crippen LogP contribution in [0, 0.1) is 37.7 Å². The van der Waals surface area contributed by atoms with E-state index in [1.165, 1.54) is 0 Å². The summed E-state index contributed by atoms with van der Waals surface area (Å²) in [6.45, 7) is 0.0147. The molecule has 0 aromatic carbocycles. The fraction of sp³-hybridized carbons (Fsp3) is 0.286. The molecule has 0 spiro atoms. The fourth-order valence-electron chi connectivity index (χ4n) is 0.692. The van der Waals surface area contributed by atoms with E-state index in [9.17, 15) is 0 Å². The molecule has 2 nitrogen and oxygen atoms in total. The SMILES string of the molecule is OCc1cccc(CBr)n1.[Ar]. The normalized spacial score (nSPS) is 8.91. The Morgan fingerprint density at radius 1 is 1.36 bits per heavy atom. The minimum Gasteiger partial charge on any atom is -0.390 e. The zero-order chi connectivity index (χ0) is 7.40. The summed E-state index contributed by atoms with van der Waals surface area (Å²) in [4.78, 5) is 4.11. The Balaban J connectivity index is 0.000001000. The Morgan fingerprint density at radius 2 is 2.00 bits per heavy atom. The molecule has 1 aromatic heterocycles. The predicted molar refractivity (Wildman–Crippen MR) is 42.8 cm³/mol. The first-order chi connectivity index (χ1) is 4.86. The molecule has 0 bridgehead atoms. The number of alkyl halides is 1. The van der Waals surface area contributed by atoms with Crippen molar-refractivity contribution in [2.24, 2.45) is 0 Å². The first kappa shape index (κ1) is 11.8. The van der Waals surface area contributed by atoms with Crippen LogP contribution in [0.15, 0.2) is 18.2 Å². The van der Waals surface area contributed by atoms with E-state index in [1.54, 1.807) is 6.07 Å². The average molecular weight is 242 g/mol. The summed E-state index contributed by atoms with van der Waals surface area (Å²) in [5.41, 5.74) is 1.67. The van der Waals surface area contributed by atoms with E-state index in [2.05, 4.69) is 20.9 Å². The van der Waals surface area contributed by atoms with Crippen LogP contribution in [0.1, 0.15) is 11.4 Å². The van der Waals surface area contributed by atoms with Crippen LogP contribution in [0.25, 0.3) is 0 Å².